The Hall–Kier alpha value is -0.840. The van der Waals surface area contributed by atoms with Gasteiger partial charge in [-0.2, -0.15) is 0 Å². The molecule has 18 heavy (non-hydrogen) atoms. The molecule has 0 unspecified atom stereocenters. The fourth-order valence-corrected chi connectivity index (χ4v) is 2.68. The summed E-state index contributed by atoms with van der Waals surface area (Å²) in [5.74, 6) is 0.445. The maximum absolute atomic E-state index is 13.7. The molecule has 0 aromatic heterocycles. The molecule has 1 nitrogen and oxygen atoms in total. The summed E-state index contributed by atoms with van der Waals surface area (Å²) in [5.41, 5.74) is 7.00. The highest BCUT2D eigenvalue weighted by atomic mass is 79.9. The highest BCUT2D eigenvalue weighted by molar-refractivity contribution is 9.10. The van der Waals surface area contributed by atoms with Crippen molar-refractivity contribution >= 4 is 27.7 Å². The molecule has 0 aliphatic heterocycles. The van der Waals surface area contributed by atoms with Crippen molar-refractivity contribution in [3.63, 3.8) is 0 Å². The first-order valence-electron chi connectivity index (χ1n) is 5.55. The molecule has 2 N–H and O–H groups in total. The Morgan fingerprint density at radius 3 is 2.44 bits per heavy atom. The van der Waals surface area contributed by atoms with Crippen LogP contribution in [-0.4, -0.2) is 0 Å². The van der Waals surface area contributed by atoms with Gasteiger partial charge in [0.05, 0.1) is 0 Å². The van der Waals surface area contributed by atoms with E-state index in [1.807, 2.05) is 36.4 Å². The van der Waals surface area contributed by atoms with Crippen LogP contribution in [0.15, 0.2) is 51.8 Å². The molecule has 0 atom stereocenters. The van der Waals surface area contributed by atoms with Gasteiger partial charge in [-0.05, 0) is 41.5 Å². The van der Waals surface area contributed by atoms with Crippen molar-refractivity contribution in [3.05, 3.63) is 63.9 Å². The lowest BCUT2D eigenvalue weighted by atomic mass is 10.1. The number of hydrogen-bond donors (Lipinski definition) is 1. The molecule has 2 aromatic rings. The average molecular weight is 326 g/mol. The van der Waals surface area contributed by atoms with Crippen LogP contribution in [0.1, 0.15) is 11.1 Å². The first kappa shape index (κ1) is 13.6. The Labute approximate surface area is 119 Å². The van der Waals surface area contributed by atoms with Crippen molar-refractivity contribution in [1.82, 2.24) is 0 Å². The van der Waals surface area contributed by atoms with E-state index in [4.69, 9.17) is 5.73 Å². The first-order chi connectivity index (χ1) is 8.69. The number of thioether (sulfide) groups is 1. The Morgan fingerprint density at radius 1 is 1.11 bits per heavy atom. The van der Waals surface area contributed by atoms with Gasteiger partial charge in [-0.25, -0.2) is 4.39 Å². The van der Waals surface area contributed by atoms with Crippen LogP contribution in [-0.2, 0) is 12.3 Å². The maximum Gasteiger partial charge on any atom is 0.127 e. The third-order valence-corrected chi connectivity index (χ3v) is 4.15. The summed E-state index contributed by atoms with van der Waals surface area (Å²) in [6.07, 6.45) is 0. The van der Waals surface area contributed by atoms with Gasteiger partial charge >= 0.3 is 0 Å². The lowest BCUT2D eigenvalue weighted by Crippen LogP contribution is -1.98. The molecule has 0 saturated heterocycles. The zero-order chi connectivity index (χ0) is 13.0. The Morgan fingerprint density at radius 2 is 1.83 bits per heavy atom. The zero-order valence-electron chi connectivity index (χ0n) is 9.70. The van der Waals surface area contributed by atoms with E-state index >= 15 is 0 Å². The van der Waals surface area contributed by atoms with Gasteiger partial charge in [-0.15, -0.1) is 11.8 Å². The van der Waals surface area contributed by atoms with Crippen molar-refractivity contribution in [3.8, 4) is 0 Å². The van der Waals surface area contributed by atoms with E-state index in [9.17, 15) is 4.39 Å². The number of halogens is 2. The van der Waals surface area contributed by atoms with Crippen LogP contribution in [0.5, 0.6) is 0 Å². The van der Waals surface area contributed by atoms with E-state index in [1.165, 1.54) is 6.07 Å². The summed E-state index contributed by atoms with van der Waals surface area (Å²) in [5, 5.41) is 0. The minimum absolute atomic E-state index is 0.178. The molecular weight excluding hydrogens is 313 g/mol. The molecule has 0 amide bonds. The van der Waals surface area contributed by atoms with Crippen LogP contribution in [0.4, 0.5) is 4.39 Å². The largest absolute Gasteiger partial charge is 0.326 e. The lowest BCUT2D eigenvalue weighted by Gasteiger charge is -2.05. The minimum atomic E-state index is -0.178. The van der Waals surface area contributed by atoms with Crippen molar-refractivity contribution in [2.75, 3.05) is 0 Å². The summed E-state index contributed by atoms with van der Waals surface area (Å²) in [4.78, 5) is 1.13. The van der Waals surface area contributed by atoms with Crippen LogP contribution >= 0.6 is 27.7 Å². The summed E-state index contributed by atoms with van der Waals surface area (Å²) < 4.78 is 14.8. The quantitative estimate of drug-likeness (QED) is 0.846. The smallest absolute Gasteiger partial charge is 0.127 e. The standard InChI is InChI=1S/C14H13BrFNS/c15-12-3-5-13(6-4-12)18-9-11-2-1-10(8-17)7-14(11)16/h1-7H,8-9,17H2. The van der Waals surface area contributed by atoms with Gasteiger partial charge in [0.25, 0.3) is 0 Å². The topological polar surface area (TPSA) is 26.0 Å². The first-order valence-corrected chi connectivity index (χ1v) is 7.32. The monoisotopic (exact) mass is 325 g/mol. The van der Waals surface area contributed by atoms with E-state index in [2.05, 4.69) is 15.9 Å². The third kappa shape index (κ3) is 3.57. The lowest BCUT2D eigenvalue weighted by molar-refractivity contribution is 0.615. The van der Waals surface area contributed by atoms with Gasteiger partial charge in [0.2, 0.25) is 0 Å². The predicted molar refractivity (Wildman–Crippen MR) is 78.0 cm³/mol. The Kier molecular flexibility index (Phi) is 4.80. The maximum atomic E-state index is 13.7. The van der Waals surface area contributed by atoms with E-state index in [1.54, 1.807) is 11.8 Å². The second kappa shape index (κ2) is 6.36. The molecule has 0 aliphatic carbocycles. The summed E-state index contributed by atoms with van der Waals surface area (Å²) >= 11 is 5.01. The SMILES string of the molecule is NCc1ccc(CSc2ccc(Br)cc2)c(F)c1. The average Bonchev–Trinajstić information content (AvgIpc) is 2.39. The molecule has 4 heteroatoms. The van der Waals surface area contributed by atoms with E-state index < -0.39 is 0 Å². The van der Waals surface area contributed by atoms with Crippen molar-refractivity contribution < 1.29 is 4.39 Å². The molecule has 0 saturated carbocycles. The van der Waals surface area contributed by atoms with Gasteiger partial charge in [-0.3, -0.25) is 0 Å². The van der Waals surface area contributed by atoms with Crippen LogP contribution in [0.25, 0.3) is 0 Å². The third-order valence-electron chi connectivity index (χ3n) is 2.56. The molecule has 94 valence electrons. The molecule has 0 radical (unpaired) electrons. The zero-order valence-corrected chi connectivity index (χ0v) is 12.1. The van der Waals surface area contributed by atoms with Crippen molar-refractivity contribution in [1.29, 1.82) is 0 Å². The second-order valence-electron chi connectivity index (χ2n) is 3.87. The van der Waals surface area contributed by atoms with Crippen LogP contribution in [0.2, 0.25) is 0 Å². The molecule has 0 spiro atoms. The predicted octanol–water partition coefficient (Wildman–Crippen LogP) is 4.34. The number of rotatable bonds is 4. The van der Waals surface area contributed by atoms with E-state index in [0.717, 1.165) is 14.9 Å². The number of hydrogen-bond acceptors (Lipinski definition) is 2. The van der Waals surface area contributed by atoms with Gasteiger partial charge < -0.3 is 5.73 Å². The van der Waals surface area contributed by atoms with Crippen molar-refractivity contribution in [2.24, 2.45) is 5.73 Å². The normalized spacial score (nSPS) is 10.6. The summed E-state index contributed by atoms with van der Waals surface area (Å²) in [6, 6.07) is 13.2. The summed E-state index contributed by atoms with van der Waals surface area (Å²) in [6.45, 7) is 0.372. The minimum Gasteiger partial charge on any atom is -0.326 e. The van der Waals surface area contributed by atoms with Crippen LogP contribution < -0.4 is 5.73 Å². The van der Waals surface area contributed by atoms with Crippen LogP contribution in [0, 0.1) is 5.82 Å². The van der Waals surface area contributed by atoms with Gasteiger partial charge in [0.15, 0.2) is 0 Å². The highest BCUT2D eigenvalue weighted by Crippen LogP contribution is 2.25. The van der Waals surface area contributed by atoms with Gasteiger partial charge in [0, 0.05) is 21.7 Å². The van der Waals surface area contributed by atoms with Gasteiger partial charge in [0.1, 0.15) is 5.82 Å². The Balaban J connectivity index is 2.04. The van der Waals surface area contributed by atoms with Crippen molar-refractivity contribution in [2.45, 2.75) is 17.2 Å². The number of benzene rings is 2. The van der Waals surface area contributed by atoms with Crippen LogP contribution in [0.3, 0.4) is 0 Å². The van der Waals surface area contributed by atoms with E-state index in [0.29, 0.717) is 17.9 Å². The molecule has 0 bridgehead atoms. The molecule has 2 rings (SSSR count). The molecule has 0 heterocycles. The molecular formula is C14H13BrFNS. The van der Waals surface area contributed by atoms with Gasteiger partial charge in [-0.1, -0.05) is 28.1 Å². The molecule has 2 aromatic carbocycles. The fourth-order valence-electron chi connectivity index (χ4n) is 1.53. The highest BCUT2D eigenvalue weighted by Gasteiger charge is 2.04. The molecule has 0 fully saturated rings. The molecule has 0 aliphatic rings. The van der Waals surface area contributed by atoms with E-state index in [-0.39, 0.29) is 5.82 Å². The number of nitrogens with two attached hydrogens (primary N) is 1. The second-order valence-corrected chi connectivity index (χ2v) is 5.84. The Bertz CT molecular complexity index is 528. The fraction of sp³-hybridized carbons (Fsp3) is 0.143. The summed E-state index contributed by atoms with van der Waals surface area (Å²) in [7, 11) is 0.